The lowest BCUT2D eigenvalue weighted by Crippen LogP contribution is -2.38. The molecule has 2 saturated carbocycles. The van der Waals surface area contributed by atoms with E-state index in [4.69, 9.17) is 0 Å². The second-order valence-corrected chi connectivity index (χ2v) is 8.95. The third-order valence-corrected chi connectivity index (χ3v) is 6.71. The van der Waals surface area contributed by atoms with Gasteiger partial charge >= 0.3 is 0 Å². The van der Waals surface area contributed by atoms with Crippen molar-refractivity contribution in [3.63, 3.8) is 0 Å². The zero-order chi connectivity index (χ0) is 17.4. The molecule has 0 N–H and O–H groups in total. The third kappa shape index (κ3) is 3.34. The lowest BCUT2D eigenvalue weighted by molar-refractivity contribution is 0.0899. The number of hydrogen-bond donors (Lipinski definition) is 0. The molecule has 2 atom stereocenters. The van der Waals surface area contributed by atoms with Gasteiger partial charge in [-0.1, -0.05) is 44.2 Å². The number of benzene rings is 2. The maximum atomic E-state index is 2.51. The van der Waals surface area contributed by atoms with Gasteiger partial charge in [-0.25, -0.2) is 0 Å². The topological polar surface area (TPSA) is 3.24 Å². The Bertz CT molecular complexity index is 685. The van der Waals surface area contributed by atoms with Gasteiger partial charge in [-0.2, -0.15) is 0 Å². The van der Waals surface area contributed by atoms with Crippen LogP contribution in [0.3, 0.4) is 0 Å². The quantitative estimate of drug-likeness (QED) is 0.615. The monoisotopic (exact) mass is 333 g/mol. The Morgan fingerprint density at radius 2 is 1.36 bits per heavy atom. The van der Waals surface area contributed by atoms with Gasteiger partial charge in [0.15, 0.2) is 0 Å². The molecule has 2 aromatic rings. The van der Waals surface area contributed by atoms with Crippen molar-refractivity contribution in [2.75, 3.05) is 11.9 Å². The summed E-state index contributed by atoms with van der Waals surface area (Å²) >= 11 is 0. The van der Waals surface area contributed by atoms with Gasteiger partial charge in [0, 0.05) is 18.4 Å². The van der Waals surface area contributed by atoms with Crippen molar-refractivity contribution in [3.05, 3.63) is 60.2 Å². The highest BCUT2D eigenvalue weighted by Gasteiger charge is 2.41. The van der Waals surface area contributed by atoms with Gasteiger partial charge in [0.2, 0.25) is 0 Å². The van der Waals surface area contributed by atoms with E-state index in [1.807, 2.05) is 0 Å². The predicted octanol–water partition coefficient (Wildman–Crippen LogP) is 6.56. The van der Waals surface area contributed by atoms with Gasteiger partial charge in [-0.3, -0.25) is 0 Å². The lowest BCUT2D eigenvalue weighted by Gasteiger charge is -2.47. The van der Waals surface area contributed by atoms with Crippen molar-refractivity contribution >= 4 is 11.4 Å². The minimum Gasteiger partial charge on any atom is -0.345 e. The first kappa shape index (κ1) is 16.7. The molecule has 0 heterocycles. The summed E-state index contributed by atoms with van der Waals surface area (Å²) in [5.74, 6) is 2.83. The van der Waals surface area contributed by atoms with Gasteiger partial charge < -0.3 is 4.90 Å². The lowest BCUT2D eigenvalue weighted by atomic mass is 9.57. The number of fused-ring (bicyclic) bond motifs is 2. The molecule has 4 rings (SSSR count). The minimum absolute atomic E-state index is 0.373. The van der Waals surface area contributed by atoms with Crippen LogP contribution < -0.4 is 4.90 Å². The van der Waals surface area contributed by atoms with Crippen molar-refractivity contribution < 1.29 is 0 Å². The van der Waals surface area contributed by atoms with E-state index in [1.165, 1.54) is 43.5 Å². The SMILES string of the molecule is CC1CC2CC(C1)CC(C)(c1ccc(N(C)c3ccccc3)cc1)C2. The molecule has 0 radical (unpaired) electrons. The van der Waals surface area contributed by atoms with Crippen molar-refractivity contribution in [3.8, 4) is 0 Å². The molecule has 2 fully saturated rings. The van der Waals surface area contributed by atoms with Gasteiger partial charge in [-0.05, 0) is 85.1 Å². The van der Waals surface area contributed by atoms with Crippen LogP contribution in [0.1, 0.15) is 51.5 Å². The Hall–Kier alpha value is -1.76. The summed E-state index contributed by atoms with van der Waals surface area (Å²) in [6.45, 7) is 4.97. The fourth-order valence-corrected chi connectivity index (χ4v) is 5.71. The number of nitrogens with zero attached hydrogens (tertiary/aromatic N) is 1. The standard InChI is InChI=1S/C24H31N/c1-18-13-19-15-20(14-18)17-24(2,16-19)21-9-11-23(12-10-21)25(3)22-7-5-4-6-8-22/h4-12,18-20H,13-17H2,1-3H3. The Kier molecular flexibility index (Phi) is 4.35. The largest absolute Gasteiger partial charge is 0.345 e. The van der Waals surface area contributed by atoms with Crippen molar-refractivity contribution in [2.45, 2.75) is 51.4 Å². The molecule has 132 valence electrons. The summed E-state index contributed by atoms with van der Waals surface area (Å²) in [5.41, 5.74) is 4.42. The molecule has 2 aliphatic rings. The molecule has 0 spiro atoms. The molecule has 1 nitrogen and oxygen atoms in total. The molecule has 1 heteroatoms. The summed E-state index contributed by atoms with van der Waals surface area (Å²) < 4.78 is 0. The normalized spacial score (nSPS) is 31.6. The van der Waals surface area contributed by atoms with E-state index in [1.54, 1.807) is 5.56 Å². The van der Waals surface area contributed by atoms with E-state index in [0.717, 1.165) is 17.8 Å². The maximum absolute atomic E-state index is 2.51. The molecule has 0 aromatic heterocycles. The van der Waals surface area contributed by atoms with E-state index in [0.29, 0.717) is 5.41 Å². The Labute approximate surface area is 153 Å². The van der Waals surface area contributed by atoms with Crippen LogP contribution in [0.25, 0.3) is 0 Å². The average Bonchev–Trinajstić information content (AvgIpc) is 2.61. The highest BCUT2D eigenvalue weighted by atomic mass is 15.1. The number of hydrogen-bond acceptors (Lipinski definition) is 1. The first-order chi connectivity index (χ1) is 12.0. The molecule has 2 aromatic carbocycles. The van der Waals surface area contributed by atoms with Crippen LogP contribution in [0.4, 0.5) is 11.4 Å². The third-order valence-electron chi connectivity index (χ3n) is 6.71. The fraction of sp³-hybridized carbons (Fsp3) is 0.500. The van der Waals surface area contributed by atoms with E-state index in [9.17, 15) is 0 Å². The number of para-hydroxylation sites is 1. The molecular formula is C24H31N. The van der Waals surface area contributed by atoms with E-state index in [2.05, 4.69) is 80.4 Å². The highest BCUT2D eigenvalue weighted by Crippen LogP contribution is 2.51. The van der Waals surface area contributed by atoms with Crippen molar-refractivity contribution in [1.82, 2.24) is 0 Å². The van der Waals surface area contributed by atoms with Crippen molar-refractivity contribution in [1.29, 1.82) is 0 Å². The second kappa shape index (κ2) is 6.52. The average molecular weight is 334 g/mol. The number of anilines is 2. The van der Waals surface area contributed by atoms with Gasteiger partial charge in [0.05, 0.1) is 0 Å². The van der Waals surface area contributed by atoms with E-state index in [-0.39, 0.29) is 0 Å². The molecular weight excluding hydrogens is 302 g/mol. The summed E-state index contributed by atoms with van der Waals surface area (Å²) in [6, 6.07) is 20.0. The molecule has 0 aliphatic heterocycles. The van der Waals surface area contributed by atoms with E-state index < -0.39 is 0 Å². The fourth-order valence-electron chi connectivity index (χ4n) is 5.71. The van der Waals surface area contributed by atoms with Crippen LogP contribution in [-0.2, 0) is 5.41 Å². The van der Waals surface area contributed by atoms with Gasteiger partial charge in [0.25, 0.3) is 0 Å². The minimum atomic E-state index is 0.373. The first-order valence-electron chi connectivity index (χ1n) is 9.93. The maximum Gasteiger partial charge on any atom is 0.0408 e. The molecule has 25 heavy (non-hydrogen) atoms. The van der Waals surface area contributed by atoms with Crippen LogP contribution in [0, 0.1) is 17.8 Å². The van der Waals surface area contributed by atoms with Crippen LogP contribution in [0.15, 0.2) is 54.6 Å². The summed E-state index contributed by atoms with van der Waals surface area (Å²) in [5, 5.41) is 0. The zero-order valence-electron chi connectivity index (χ0n) is 15.9. The molecule has 2 unspecified atom stereocenters. The van der Waals surface area contributed by atoms with Crippen LogP contribution in [0.2, 0.25) is 0 Å². The summed E-state index contributed by atoms with van der Waals surface area (Å²) in [7, 11) is 2.15. The Morgan fingerprint density at radius 1 is 0.800 bits per heavy atom. The smallest absolute Gasteiger partial charge is 0.0408 e. The Morgan fingerprint density at radius 3 is 1.96 bits per heavy atom. The van der Waals surface area contributed by atoms with Crippen LogP contribution >= 0.6 is 0 Å². The zero-order valence-corrected chi connectivity index (χ0v) is 15.9. The van der Waals surface area contributed by atoms with Gasteiger partial charge in [-0.15, -0.1) is 0 Å². The summed E-state index contributed by atoms with van der Waals surface area (Å²) in [4.78, 5) is 2.27. The molecule has 2 bridgehead atoms. The van der Waals surface area contributed by atoms with Crippen molar-refractivity contribution in [2.24, 2.45) is 17.8 Å². The van der Waals surface area contributed by atoms with Gasteiger partial charge in [0.1, 0.15) is 0 Å². The molecule has 2 aliphatic carbocycles. The molecule has 0 saturated heterocycles. The summed E-state index contributed by atoms with van der Waals surface area (Å²) in [6.07, 6.45) is 7.13. The number of rotatable bonds is 3. The molecule has 0 amide bonds. The van der Waals surface area contributed by atoms with E-state index >= 15 is 0 Å². The van der Waals surface area contributed by atoms with Crippen LogP contribution in [0.5, 0.6) is 0 Å². The highest BCUT2D eigenvalue weighted by molar-refractivity contribution is 5.62. The predicted molar refractivity (Wildman–Crippen MR) is 108 cm³/mol. The van der Waals surface area contributed by atoms with Crippen LogP contribution in [-0.4, -0.2) is 7.05 Å². The second-order valence-electron chi connectivity index (χ2n) is 8.95. The first-order valence-corrected chi connectivity index (χ1v) is 9.93. The Balaban J connectivity index is 1.54.